The fourth-order valence-corrected chi connectivity index (χ4v) is 2.94. The minimum absolute atomic E-state index is 0.0395. The van der Waals surface area contributed by atoms with Crippen LogP contribution in [0.25, 0.3) is 0 Å². The molecule has 1 fully saturated rings. The number of piperazine rings is 1. The summed E-state index contributed by atoms with van der Waals surface area (Å²) in [6.07, 6.45) is -4.59. The summed E-state index contributed by atoms with van der Waals surface area (Å²) in [5, 5.41) is 2.04. The molecule has 1 amide bonds. The number of hydrogen-bond acceptors (Lipinski definition) is 5. The number of carbonyl (C=O) groups is 2. The molecule has 27 heavy (non-hydrogen) atoms. The largest absolute Gasteiger partial charge is 0.465 e. The van der Waals surface area contributed by atoms with E-state index in [2.05, 4.69) is 5.32 Å². The average molecular weight is 408 g/mol. The van der Waals surface area contributed by atoms with E-state index < -0.39 is 22.7 Å². The molecular weight excluding hydrogens is 387 g/mol. The minimum atomic E-state index is -4.59. The highest BCUT2D eigenvalue weighted by Gasteiger charge is 2.33. The Bertz CT molecular complexity index is 677. The van der Waals surface area contributed by atoms with Crippen LogP contribution in [-0.2, 0) is 20.5 Å². The van der Waals surface area contributed by atoms with Crippen molar-refractivity contribution in [2.24, 2.45) is 0 Å². The van der Waals surface area contributed by atoms with Crippen LogP contribution in [0.3, 0.4) is 0 Å². The maximum Gasteiger partial charge on any atom is 0.417 e. The van der Waals surface area contributed by atoms with Crippen molar-refractivity contribution in [1.29, 1.82) is 0 Å². The molecule has 1 aliphatic heterocycles. The third kappa shape index (κ3) is 6.67. The molecule has 2 rings (SSSR count). The number of anilines is 1. The molecule has 1 aromatic rings. The standard InChI is InChI=1S/C17H21ClF3N3O3/c1-2-27-16(26)11-24-7-5-23(6-8-24)10-15(25)22-12-3-4-14(18)13(9-12)17(19,20)21/h3-4,9H,2,5-8,10-11H2,1H3,(H,22,25). The van der Waals surface area contributed by atoms with Gasteiger partial charge in [-0.05, 0) is 25.1 Å². The molecule has 6 nitrogen and oxygen atoms in total. The number of alkyl halides is 3. The quantitative estimate of drug-likeness (QED) is 0.734. The number of rotatable bonds is 6. The molecular formula is C17H21ClF3N3O3. The van der Waals surface area contributed by atoms with Gasteiger partial charge >= 0.3 is 12.1 Å². The Labute approximate surface area is 160 Å². The summed E-state index contributed by atoms with van der Waals surface area (Å²) in [6.45, 7) is 4.68. The minimum Gasteiger partial charge on any atom is -0.465 e. The Morgan fingerprint density at radius 2 is 1.74 bits per heavy atom. The molecule has 1 N–H and O–H groups in total. The molecule has 1 heterocycles. The molecule has 10 heteroatoms. The van der Waals surface area contributed by atoms with Gasteiger partial charge in [0.25, 0.3) is 0 Å². The van der Waals surface area contributed by atoms with Gasteiger partial charge in [0, 0.05) is 31.9 Å². The molecule has 1 saturated heterocycles. The Balaban J connectivity index is 1.83. The summed E-state index contributed by atoms with van der Waals surface area (Å²) in [5.74, 6) is -0.698. The van der Waals surface area contributed by atoms with Crippen molar-refractivity contribution in [3.8, 4) is 0 Å². The molecule has 150 valence electrons. The fraction of sp³-hybridized carbons (Fsp3) is 0.529. The van der Waals surface area contributed by atoms with E-state index in [4.69, 9.17) is 16.3 Å². The van der Waals surface area contributed by atoms with E-state index in [1.165, 1.54) is 6.07 Å². The third-order valence-corrected chi connectivity index (χ3v) is 4.38. The second-order valence-electron chi connectivity index (χ2n) is 6.10. The Morgan fingerprint density at radius 1 is 1.15 bits per heavy atom. The SMILES string of the molecule is CCOC(=O)CN1CCN(CC(=O)Nc2ccc(Cl)c(C(F)(F)F)c2)CC1. The average Bonchev–Trinajstić information content (AvgIpc) is 2.57. The molecule has 0 bridgehead atoms. The predicted octanol–water partition coefficient (Wildman–Crippen LogP) is 2.48. The topological polar surface area (TPSA) is 61.9 Å². The molecule has 0 spiro atoms. The highest BCUT2D eigenvalue weighted by molar-refractivity contribution is 6.31. The lowest BCUT2D eigenvalue weighted by Crippen LogP contribution is -2.49. The normalized spacial score (nSPS) is 16.2. The third-order valence-electron chi connectivity index (χ3n) is 4.05. The van der Waals surface area contributed by atoms with Crippen molar-refractivity contribution in [3.05, 3.63) is 28.8 Å². The summed E-state index contributed by atoms with van der Waals surface area (Å²) in [5.41, 5.74) is -0.952. The number of amides is 1. The summed E-state index contributed by atoms with van der Waals surface area (Å²) >= 11 is 5.56. The zero-order valence-electron chi connectivity index (χ0n) is 14.8. The van der Waals surface area contributed by atoms with E-state index in [-0.39, 0.29) is 24.7 Å². The maximum absolute atomic E-state index is 12.9. The second kappa shape index (κ2) is 9.38. The fourth-order valence-electron chi connectivity index (χ4n) is 2.72. The number of esters is 1. The van der Waals surface area contributed by atoms with Gasteiger partial charge < -0.3 is 10.1 Å². The zero-order chi connectivity index (χ0) is 20.0. The van der Waals surface area contributed by atoms with Gasteiger partial charge in [0.2, 0.25) is 5.91 Å². The van der Waals surface area contributed by atoms with Gasteiger partial charge in [0.1, 0.15) is 0 Å². The van der Waals surface area contributed by atoms with Gasteiger partial charge in [-0.1, -0.05) is 11.6 Å². The molecule has 0 aliphatic carbocycles. The summed E-state index contributed by atoms with van der Waals surface area (Å²) in [4.78, 5) is 27.4. The van der Waals surface area contributed by atoms with Crippen molar-refractivity contribution in [3.63, 3.8) is 0 Å². The van der Waals surface area contributed by atoms with E-state index in [0.717, 1.165) is 12.1 Å². The lowest BCUT2D eigenvalue weighted by Gasteiger charge is -2.33. The Hall–Kier alpha value is -1.84. The first kappa shape index (κ1) is 21.5. The van der Waals surface area contributed by atoms with Crippen molar-refractivity contribution in [2.75, 3.05) is 51.2 Å². The van der Waals surface area contributed by atoms with Crippen LogP contribution in [0, 0.1) is 0 Å². The van der Waals surface area contributed by atoms with Gasteiger partial charge in [-0.25, -0.2) is 0 Å². The van der Waals surface area contributed by atoms with Gasteiger partial charge in [-0.15, -0.1) is 0 Å². The number of benzene rings is 1. The second-order valence-corrected chi connectivity index (χ2v) is 6.51. The van der Waals surface area contributed by atoms with E-state index in [0.29, 0.717) is 32.8 Å². The first-order valence-electron chi connectivity index (χ1n) is 8.46. The molecule has 0 radical (unpaired) electrons. The van der Waals surface area contributed by atoms with E-state index in [1.807, 2.05) is 9.80 Å². The van der Waals surface area contributed by atoms with Crippen LogP contribution in [0.2, 0.25) is 5.02 Å². The highest BCUT2D eigenvalue weighted by atomic mass is 35.5. The number of hydrogen-bond donors (Lipinski definition) is 1. The lowest BCUT2D eigenvalue weighted by atomic mass is 10.2. The van der Waals surface area contributed by atoms with Crippen LogP contribution in [-0.4, -0.2) is 67.6 Å². The number of nitrogens with zero attached hydrogens (tertiary/aromatic N) is 2. The van der Waals surface area contributed by atoms with Gasteiger partial charge in [0.05, 0.1) is 30.3 Å². The van der Waals surface area contributed by atoms with Crippen LogP contribution < -0.4 is 5.32 Å². The zero-order valence-corrected chi connectivity index (χ0v) is 15.6. The van der Waals surface area contributed by atoms with Crippen molar-refractivity contribution < 1.29 is 27.5 Å². The molecule has 1 aliphatic rings. The predicted molar refractivity (Wildman–Crippen MR) is 94.6 cm³/mol. The maximum atomic E-state index is 12.9. The molecule has 0 aromatic heterocycles. The summed E-state index contributed by atoms with van der Waals surface area (Å²) < 4.78 is 43.5. The van der Waals surface area contributed by atoms with Crippen molar-refractivity contribution >= 4 is 29.2 Å². The van der Waals surface area contributed by atoms with Crippen LogP contribution in [0.5, 0.6) is 0 Å². The van der Waals surface area contributed by atoms with Gasteiger partial charge in [-0.3, -0.25) is 19.4 Å². The Kier molecular flexibility index (Phi) is 7.46. The Morgan fingerprint density at radius 3 is 2.30 bits per heavy atom. The first-order chi connectivity index (χ1) is 12.7. The number of carbonyl (C=O) groups excluding carboxylic acids is 2. The molecule has 0 unspecified atom stereocenters. The van der Waals surface area contributed by atoms with E-state index >= 15 is 0 Å². The van der Waals surface area contributed by atoms with Crippen LogP contribution in [0.4, 0.5) is 18.9 Å². The van der Waals surface area contributed by atoms with E-state index in [1.54, 1.807) is 6.92 Å². The van der Waals surface area contributed by atoms with E-state index in [9.17, 15) is 22.8 Å². The lowest BCUT2D eigenvalue weighted by molar-refractivity contribution is -0.145. The van der Waals surface area contributed by atoms with Crippen LogP contribution >= 0.6 is 11.6 Å². The summed E-state index contributed by atoms with van der Waals surface area (Å²) in [6, 6.07) is 3.25. The smallest absolute Gasteiger partial charge is 0.417 e. The van der Waals surface area contributed by atoms with Crippen LogP contribution in [0.15, 0.2) is 18.2 Å². The monoisotopic (exact) mass is 407 g/mol. The number of ether oxygens (including phenoxy) is 1. The number of halogens is 4. The molecule has 0 saturated carbocycles. The highest BCUT2D eigenvalue weighted by Crippen LogP contribution is 2.36. The van der Waals surface area contributed by atoms with Gasteiger partial charge in [-0.2, -0.15) is 13.2 Å². The number of nitrogens with one attached hydrogen (secondary N) is 1. The van der Waals surface area contributed by atoms with Crippen LogP contribution in [0.1, 0.15) is 12.5 Å². The molecule has 0 atom stereocenters. The summed E-state index contributed by atoms with van der Waals surface area (Å²) in [7, 11) is 0. The first-order valence-corrected chi connectivity index (χ1v) is 8.83. The van der Waals surface area contributed by atoms with Crippen molar-refractivity contribution in [2.45, 2.75) is 13.1 Å². The molecule has 1 aromatic carbocycles. The van der Waals surface area contributed by atoms with Crippen molar-refractivity contribution in [1.82, 2.24) is 9.80 Å². The van der Waals surface area contributed by atoms with Gasteiger partial charge in [0.15, 0.2) is 0 Å².